The van der Waals surface area contributed by atoms with Crippen molar-refractivity contribution >= 4 is 33.2 Å². The van der Waals surface area contributed by atoms with E-state index in [0.29, 0.717) is 16.3 Å². The highest BCUT2D eigenvalue weighted by Gasteiger charge is 2.39. The van der Waals surface area contributed by atoms with E-state index in [2.05, 4.69) is 10.0 Å². The molecule has 1 aliphatic heterocycles. The minimum Gasteiger partial charge on any atom is -0.325 e. The molecule has 24 heavy (non-hydrogen) atoms. The predicted octanol–water partition coefficient (Wildman–Crippen LogP) is 3.05. The summed E-state index contributed by atoms with van der Waals surface area (Å²) in [7, 11) is -3.68. The molecule has 0 fully saturated rings. The second kappa shape index (κ2) is 5.88. The Morgan fingerprint density at radius 3 is 2.46 bits per heavy atom. The summed E-state index contributed by atoms with van der Waals surface area (Å²) in [5.74, 6) is -0.138. The number of rotatable bonds is 4. The van der Waals surface area contributed by atoms with Crippen molar-refractivity contribution in [3.05, 3.63) is 58.6 Å². The van der Waals surface area contributed by atoms with Crippen LogP contribution >= 0.6 is 11.6 Å². The smallest absolute Gasteiger partial charge is 0.240 e. The molecular formula is C17H17ClN2O3S. The third kappa shape index (κ3) is 3.05. The highest BCUT2D eigenvalue weighted by molar-refractivity contribution is 7.89. The third-order valence-electron chi connectivity index (χ3n) is 4.17. The van der Waals surface area contributed by atoms with E-state index in [1.165, 1.54) is 6.07 Å². The number of hydrogen-bond acceptors (Lipinski definition) is 3. The quantitative estimate of drug-likeness (QED) is 0.875. The average Bonchev–Trinajstić information content (AvgIpc) is 2.76. The van der Waals surface area contributed by atoms with Crippen molar-refractivity contribution in [2.45, 2.75) is 30.7 Å². The molecule has 5 nitrogen and oxygen atoms in total. The van der Waals surface area contributed by atoms with Gasteiger partial charge in [0.1, 0.15) is 0 Å². The zero-order chi connectivity index (χ0) is 17.5. The van der Waals surface area contributed by atoms with E-state index < -0.39 is 15.4 Å². The van der Waals surface area contributed by atoms with E-state index in [1.54, 1.807) is 50.2 Å². The fourth-order valence-electron chi connectivity index (χ4n) is 2.58. The second-order valence-electron chi connectivity index (χ2n) is 6.24. The van der Waals surface area contributed by atoms with Crippen LogP contribution in [0.25, 0.3) is 0 Å². The van der Waals surface area contributed by atoms with Gasteiger partial charge in [0.05, 0.1) is 10.3 Å². The number of carbonyl (C=O) groups excluding carboxylic acids is 1. The van der Waals surface area contributed by atoms with Crippen molar-refractivity contribution in [1.29, 1.82) is 0 Å². The summed E-state index contributed by atoms with van der Waals surface area (Å²) in [4.78, 5) is 12.1. The van der Waals surface area contributed by atoms with Crippen LogP contribution in [0.2, 0.25) is 5.02 Å². The molecule has 2 aromatic rings. The van der Waals surface area contributed by atoms with E-state index in [-0.39, 0.29) is 17.3 Å². The molecule has 0 saturated carbocycles. The number of carbonyl (C=O) groups is 1. The zero-order valence-corrected chi connectivity index (χ0v) is 14.8. The highest BCUT2D eigenvalue weighted by atomic mass is 35.5. The van der Waals surface area contributed by atoms with Gasteiger partial charge in [-0.1, -0.05) is 23.7 Å². The number of amides is 1. The summed E-state index contributed by atoms with van der Waals surface area (Å²) < 4.78 is 27.6. The Kier molecular flexibility index (Phi) is 4.15. The van der Waals surface area contributed by atoms with Gasteiger partial charge in [-0.3, -0.25) is 4.79 Å². The molecular weight excluding hydrogens is 348 g/mol. The molecule has 1 amide bonds. The lowest BCUT2D eigenvalue weighted by atomic mass is 9.86. The van der Waals surface area contributed by atoms with Gasteiger partial charge in [-0.2, -0.15) is 0 Å². The van der Waals surface area contributed by atoms with E-state index in [9.17, 15) is 13.2 Å². The number of benzene rings is 2. The van der Waals surface area contributed by atoms with Crippen LogP contribution in [0, 0.1) is 0 Å². The van der Waals surface area contributed by atoms with Gasteiger partial charge in [-0.25, -0.2) is 13.1 Å². The summed E-state index contributed by atoms with van der Waals surface area (Å²) in [5, 5.41) is 3.36. The molecule has 7 heteroatoms. The Labute approximate surface area is 146 Å². The largest absolute Gasteiger partial charge is 0.325 e. The molecule has 0 radical (unpaired) electrons. The van der Waals surface area contributed by atoms with Crippen LogP contribution in [0.1, 0.15) is 25.0 Å². The van der Waals surface area contributed by atoms with Crippen molar-refractivity contribution in [1.82, 2.24) is 4.72 Å². The van der Waals surface area contributed by atoms with E-state index in [0.717, 1.165) is 5.56 Å². The Balaban J connectivity index is 1.85. The first kappa shape index (κ1) is 17.0. The molecule has 3 rings (SSSR count). The van der Waals surface area contributed by atoms with Gasteiger partial charge in [0.25, 0.3) is 0 Å². The van der Waals surface area contributed by atoms with Crippen LogP contribution in [0.3, 0.4) is 0 Å². The minimum atomic E-state index is -3.68. The maximum atomic E-state index is 12.5. The van der Waals surface area contributed by atoms with E-state index >= 15 is 0 Å². The Morgan fingerprint density at radius 2 is 1.79 bits per heavy atom. The van der Waals surface area contributed by atoms with Crippen LogP contribution in [0.15, 0.2) is 47.4 Å². The molecule has 0 bridgehead atoms. The fraction of sp³-hybridized carbons (Fsp3) is 0.235. The first-order chi connectivity index (χ1) is 11.2. The minimum absolute atomic E-state index is 0.138. The average molecular weight is 365 g/mol. The fourth-order valence-corrected chi connectivity index (χ4v) is 3.75. The molecule has 0 atom stereocenters. The molecule has 2 N–H and O–H groups in total. The van der Waals surface area contributed by atoms with Crippen LogP contribution in [-0.4, -0.2) is 14.3 Å². The summed E-state index contributed by atoms with van der Waals surface area (Å²) in [6.45, 7) is 3.70. The molecule has 0 saturated heterocycles. The maximum absolute atomic E-state index is 12.5. The number of nitrogens with one attached hydrogen (secondary N) is 2. The second-order valence-corrected chi connectivity index (χ2v) is 8.44. The Bertz CT molecular complexity index is 906. The van der Waals surface area contributed by atoms with Crippen molar-refractivity contribution in [2.24, 2.45) is 0 Å². The van der Waals surface area contributed by atoms with Gasteiger partial charge in [0.2, 0.25) is 15.9 Å². The van der Waals surface area contributed by atoms with Crippen molar-refractivity contribution in [3.8, 4) is 0 Å². The lowest BCUT2D eigenvalue weighted by molar-refractivity contribution is -0.119. The van der Waals surface area contributed by atoms with Gasteiger partial charge in [0, 0.05) is 17.3 Å². The lowest BCUT2D eigenvalue weighted by Crippen LogP contribution is -2.27. The summed E-state index contributed by atoms with van der Waals surface area (Å²) in [6.07, 6.45) is 0. The van der Waals surface area contributed by atoms with Crippen molar-refractivity contribution < 1.29 is 13.2 Å². The lowest BCUT2D eigenvalue weighted by Gasteiger charge is -2.16. The predicted molar refractivity (Wildman–Crippen MR) is 93.6 cm³/mol. The van der Waals surface area contributed by atoms with E-state index in [4.69, 9.17) is 11.6 Å². The normalized spacial score (nSPS) is 15.9. The van der Waals surface area contributed by atoms with Crippen molar-refractivity contribution in [3.63, 3.8) is 0 Å². The maximum Gasteiger partial charge on any atom is 0.240 e. The SMILES string of the molecule is CC1(C)C(=O)Nc2ccc(S(=O)(=O)NCc3ccc(Cl)cc3)cc21. The molecule has 0 aromatic heterocycles. The molecule has 1 aliphatic rings. The van der Waals surface area contributed by atoms with Gasteiger partial charge in [0.15, 0.2) is 0 Å². The Morgan fingerprint density at radius 1 is 1.12 bits per heavy atom. The molecule has 0 aliphatic carbocycles. The summed E-state index contributed by atoms with van der Waals surface area (Å²) in [5.41, 5.74) is 1.39. The van der Waals surface area contributed by atoms with Gasteiger partial charge < -0.3 is 5.32 Å². The number of halogens is 1. The van der Waals surface area contributed by atoms with Crippen LogP contribution < -0.4 is 10.0 Å². The molecule has 126 valence electrons. The highest BCUT2D eigenvalue weighted by Crippen LogP contribution is 2.38. The molecule has 1 heterocycles. The number of fused-ring (bicyclic) bond motifs is 1. The summed E-state index contributed by atoms with van der Waals surface area (Å²) >= 11 is 5.82. The Hall–Kier alpha value is -1.89. The van der Waals surface area contributed by atoms with Crippen molar-refractivity contribution in [2.75, 3.05) is 5.32 Å². The number of anilines is 1. The monoisotopic (exact) mass is 364 g/mol. The molecule has 0 spiro atoms. The standard InChI is InChI=1S/C17H17ClN2O3S/c1-17(2)14-9-13(7-8-15(14)20-16(17)21)24(22,23)19-10-11-3-5-12(18)6-4-11/h3-9,19H,10H2,1-2H3,(H,20,21). The number of hydrogen-bond donors (Lipinski definition) is 2. The first-order valence-electron chi connectivity index (χ1n) is 7.40. The van der Waals surface area contributed by atoms with Gasteiger partial charge in [-0.05, 0) is 55.3 Å². The van der Waals surface area contributed by atoms with Crippen LogP contribution in [-0.2, 0) is 26.8 Å². The van der Waals surface area contributed by atoms with Crippen LogP contribution in [0.5, 0.6) is 0 Å². The summed E-state index contributed by atoms with van der Waals surface area (Å²) in [6, 6.07) is 11.6. The topological polar surface area (TPSA) is 75.3 Å². The van der Waals surface area contributed by atoms with Gasteiger partial charge >= 0.3 is 0 Å². The molecule has 0 unspecified atom stereocenters. The molecule has 2 aromatic carbocycles. The first-order valence-corrected chi connectivity index (χ1v) is 9.26. The third-order valence-corrected chi connectivity index (χ3v) is 5.82. The van der Waals surface area contributed by atoms with E-state index in [1.807, 2.05) is 0 Å². The van der Waals surface area contributed by atoms with Crippen LogP contribution in [0.4, 0.5) is 5.69 Å². The zero-order valence-electron chi connectivity index (χ0n) is 13.3. The number of sulfonamides is 1. The van der Waals surface area contributed by atoms with Gasteiger partial charge in [-0.15, -0.1) is 0 Å².